The van der Waals surface area contributed by atoms with Gasteiger partial charge in [-0.25, -0.2) is 26.4 Å². The first-order valence-electron chi connectivity index (χ1n) is 5.57. The molecule has 1 aromatic heterocycles. The molecule has 0 radical (unpaired) electrons. The Kier molecular flexibility index (Phi) is 3.61. The van der Waals surface area contributed by atoms with Crippen LogP contribution >= 0.6 is 0 Å². The van der Waals surface area contributed by atoms with Crippen molar-refractivity contribution < 1.29 is 21.2 Å². The number of primary sulfonamides is 1. The molecule has 6 nitrogen and oxygen atoms in total. The number of nitrogens with two attached hydrogens (primary N) is 1. The third kappa shape index (κ3) is 3.00. The van der Waals surface area contributed by atoms with Gasteiger partial charge in [0.15, 0.2) is 0 Å². The number of rotatable bonds is 4. The highest BCUT2D eigenvalue weighted by Crippen LogP contribution is 2.27. The molecule has 0 saturated heterocycles. The van der Waals surface area contributed by atoms with Crippen molar-refractivity contribution in [2.45, 2.75) is 11.4 Å². The molecule has 2 N–H and O–H groups in total. The van der Waals surface area contributed by atoms with E-state index in [9.17, 15) is 21.2 Å². The molecule has 1 aromatic carbocycles. The average Bonchev–Trinajstić information content (AvgIpc) is 2.65. The zero-order valence-corrected chi connectivity index (χ0v) is 12.2. The largest absolute Gasteiger partial charge is 0.345 e. The van der Waals surface area contributed by atoms with Gasteiger partial charge in [0.25, 0.3) is 0 Å². The van der Waals surface area contributed by atoms with Gasteiger partial charge < -0.3 is 4.57 Å². The Balaban J connectivity index is 2.66. The first kappa shape index (κ1) is 14.9. The summed E-state index contributed by atoms with van der Waals surface area (Å²) in [5.41, 5.74) is 0.290. The van der Waals surface area contributed by atoms with Crippen LogP contribution in [0.25, 0.3) is 10.9 Å². The van der Waals surface area contributed by atoms with Crippen molar-refractivity contribution in [3.05, 3.63) is 30.2 Å². The van der Waals surface area contributed by atoms with Crippen LogP contribution in [0.4, 0.5) is 4.39 Å². The topological polar surface area (TPSA) is 99.2 Å². The summed E-state index contributed by atoms with van der Waals surface area (Å²) < 4.78 is 60.5. The van der Waals surface area contributed by atoms with Crippen LogP contribution in [0.3, 0.4) is 0 Å². The highest BCUT2D eigenvalue weighted by molar-refractivity contribution is 7.90. The highest BCUT2D eigenvalue weighted by atomic mass is 32.2. The van der Waals surface area contributed by atoms with Crippen LogP contribution < -0.4 is 5.14 Å². The molecule has 0 aliphatic carbocycles. The molecule has 0 amide bonds. The normalized spacial score (nSPS) is 12.9. The van der Waals surface area contributed by atoms with Crippen molar-refractivity contribution >= 4 is 30.8 Å². The van der Waals surface area contributed by atoms with Crippen molar-refractivity contribution in [3.8, 4) is 0 Å². The smallest absolute Gasteiger partial charge is 0.240 e. The number of hydrogen-bond acceptors (Lipinski definition) is 4. The molecule has 9 heteroatoms. The second-order valence-electron chi connectivity index (χ2n) is 4.50. The molecule has 2 rings (SSSR count). The summed E-state index contributed by atoms with van der Waals surface area (Å²) in [5.74, 6) is -0.901. The van der Waals surface area contributed by atoms with Crippen LogP contribution in [0.5, 0.6) is 0 Å². The van der Waals surface area contributed by atoms with E-state index in [1.807, 2.05) is 0 Å². The molecule has 110 valence electrons. The molecule has 0 bridgehead atoms. The maximum absolute atomic E-state index is 13.8. The van der Waals surface area contributed by atoms with Gasteiger partial charge in [-0.15, -0.1) is 0 Å². The van der Waals surface area contributed by atoms with Crippen LogP contribution in [0, 0.1) is 5.82 Å². The summed E-state index contributed by atoms with van der Waals surface area (Å²) in [6.07, 6.45) is 2.23. The highest BCUT2D eigenvalue weighted by Gasteiger charge is 2.20. The number of benzene rings is 1. The SMILES string of the molecule is CS(=O)(=O)CCn1cc(S(N)(=O)=O)c2c(F)cccc21. The van der Waals surface area contributed by atoms with Crippen LogP contribution in [-0.4, -0.2) is 33.4 Å². The average molecular weight is 320 g/mol. The molecule has 0 aliphatic heterocycles. The van der Waals surface area contributed by atoms with Crippen molar-refractivity contribution in [1.29, 1.82) is 0 Å². The molecular formula is C11H13FN2O4S2. The lowest BCUT2D eigenvalue weighted by Crippen LogP contribution is -2.12. The van der Waals surface area contributed by atoms with Gasteiger partial charge in [-0.1, -0.05) is 6.07 Å². The third-order valence-electron chi connectivity index (χ3n) is 2.83. The number of sulfone groups is 1. The van der Waals surface area contributed by atoms with E-state index in [2.05, 4.69) is 0 Å². The number of sulfonamides is 1. The van der Waals surface area contributed by atoms with Gasteiger partial charge in [0, 0.05) is 19.0 Å². The molecule has 0 saturated carbocycles. The van der Waals surface area contributed by atoms with E-state index in [1.165, 1.54) is 16.7 Å². The minimum absolute atomic E-state index is 0.0221. The van der Waals surface area contributed by atoms with E-state index < -0.39 is 25.7 Å². The molecule has 0 spiro atoms. The van der Waals surface area contributed by atoms with Crippen LogP contribution in [0.2, 0.25) is 0 Å². The monoisotopic (exact) mass is 320 g/mol. The van der Waals surface area contributed by atoms with Gasteiger partial charge in [-0.05, 0) is 12.1 Å². The van der Waals surface area contributed by atoms with Crippen LogP contribution in [0.1, 0.15) is 0 Å². The minimum atomic E-state index is -4.10. The van der Waals surface area contributed by atoms with Crippen molar-refractivity contribution in [2.24, 2.45) is 5.14 Å². The van der Waals surface area contributed by atoms with Crippen molar-refractivity contribution in [1.82, 2.24) is 4.57 Å². The molecule has 20 heavy (non-hydrogen) atoms. The molecule has 0 fully saturated rings. The lowest BCUT2D eigenvalue weighted by atomic mass is 10.2. The summed E-state index contributed by atoms with van der Waals surface area (Å²) in [5, 5.41) is 4.94. The Bertz CT molecular complexity index is 869. The molecule has 0 aliphatic rings. The third-order valence-corrected chi connectivity index (χ3v) is 4.68. The summed E-state index contributed by atoms with van der Waals surface area (Å²) >= 11 is 0. The van der Waals surface area contributed by atoms with Gasteiger partial charge in [-0.2, -0.15) is 0 Å². The fourth-order valence-corrected chi connectivity index (χ4v) is 3.23. The van der Waals surface area contributed by atoms with Crippen LogP contribution in [-0.2, 0) is 26.4 Å². The van der Waals surface area contributed by atoms with Gasteiger partial charge in [0.2, 0.25) is 10.0 Å². The standard InChI is InChI=1S/C11H13FN2O4S2/c1-19(15,16)6-5-14-7-10(20(13,17)18)11-8(12)3-2-4-9(11)14/h2-4,7H,5-6H2,1H3,(H2,13,17,18). The lowest BCUT2D eigenvalue weighted by molar-refractivity contribution is 0.595. The molecule has 0 atom stereocenters. The molecule has 0 unspecified atom stereocenters. The Morgan fingerprint density at radius 2 is 1.90 bits per heavy atom. The zero-order chi connectivity index (χ0) is 15.1. The van der Waals surface area contributed by atoms with E-state index in [1.54, 1.807) is 0 Å². The molecule has 1 heterocycles. The number of halogens is 1. The van der Waals surface area contributed by atoms with E-state index in [4.69, 9.17) is 5.14 Å². The first-order chi connectivity index (χ1) is 9.09. The second-order valence-corrected chi connectivity index (χ2v) is 8.29. The van der Waals surface area contributed by atoms with Crippen molar-refractivity contribution in [2.75, 3.05) is 12.0 Å². The Labute approximate surface area is 116 Å². The maximum Gasteiger partial charge on any atom is 0.240 e. The quantitative estimate of drug-likeness (QED) is 0.885. The number of fused-ring (bicyclic) bond motifs is 1. The number of aromatic nitrogens is 1. The van der Waals surface area contributed by atoms with Crippen molar-refractivity contribution in [3.63, 3.8) is 0 Å². The number of hydrogen-bond donors (Lipinski definition) is 1. The second kappa shape index (κ2) is 4.83. The van der Waals surface area contributed by atoms with Gasteiger partial charge in [0.05, 0.1) is 16.7 Å². The zero-order valence-electron chi connectivity index (χ0n) is 10.6. The summed E-state index contributed by atoms with van der Waals surface area (Å²) in [4.78, 5) is -0.348. The van der Waals surface area contributed by atoms with Gasteiger partial charge >= 0.3 is 0 Å². The Morgan fingerprint density at radius 1 is 1.25 bits per heavy atom. The van der Waals surface area contributed by atoms with E-state index in [-0.39, 0.29) is 28.1 Å². The summed E-state index contributed by atoms with van der Waals surface area (Å²) in [6, 6.07) is 4.05. The lowest BCUT2D eigenvalue weighted by Gasteiger charge is -2.03. The molecular weight excluding hydrogens is 307 g/mol. The predicted octanol–water partition coefficient (Wildman–Crippen LogP) is 0.472. The predicted molar refractivity (Wildman–Crippen MR) is 73.0 cm³/mol. The number of nitrogens with zero attached hydrogens (tertiary/aromatic N) is 1. The first-order valence-corrected chi connectivity index (χ1v) is 9.18. The minimum Gasteiger partial charge on any atom is -0.345 e. The van der Waals surface area contributed by atoms with E-state index in [0.29, 0.717) is 0 Å². The van der Waals surface area contributed by atoms with E-state index in [0.717, 1.165) is 18.5 Å². The fourth-order valence-electron chi connectivity index (χ4n) is 1.94. The summed E-state index contributed by atoms with van der Waals surface area (Å²) in [7, 11) is -7.32. The number of aryl methyl sites for hydroxylation is 1. The fraction of sp³-hybridized carbons (Fsp3) is 0.273. The van der Waals surface area contributed by atoms with Gasteiger partial charge in [0.1, 0.15) is 20.5 Å². The maximum atomic E-state index is 13.8. The summed E-state index contributed by atoms with van der Waals surface area (Å²) in [6.45, 7) is 0.0221. The van der Waals surface area contributed by atoms with Gasteiger partial charge in [-0.3, -0.25) is 0 Å². The Hall–Kier alpha value is -1.45. The van der Waals surface area contributed by atoms with E-state index >= 15 is 0 Å². The Morgan fingerprint density at radius 3 is 2.45 bits per heavy atom. The van der Waals surface area contributed by atoms with Crippen LogP contribution in [0.15, 0.2) is 29.3 Å². The molecule has 2 aromatic rings.